The second-order valence-electron chi connectivity index (χ2n) is 9.17. The molecule has 0 spiro atoms. The highest BCUT2D eigenvalue weighted by Crippen LogP contribution is 2.39. The van der Waals surface area contributed by atoms with Crippen molar-refractivity contribution in [2.45, 2.75) is 31.5 Å². The summed E-state index contributed by atoms with van der Waals surface area (Å²) < 4.78 is 64.7. The van der Waals surface area contributed by atoms with Gasteiger partial charge in [0.15, 0.2) is 6.17 Å². The zero-order chi connectivity index (χ0) is 29.2. The second-order valence-corrected chi connectivity index (χ2v) is 11.0. The van der Waals surface area contributed by atoms with Crippen LogP contribution in [0.1, 0.15) is 12.5 Å². The van der Waals surface area contributed by atoms with Gasteiger partial charge in [-0.25, -0.2) is 26.3 Å². The Morgan fingerprint density at radius 2 is 1.77 bits per heavy atom. The number of aromatic nitrogens is 3. The van der Waals surface area contributed by atoms with Gasteiger partial charge in [-0.2, -0.15) is 5.10 Å². The average molecular weight is 570 g/mol. The van der Waals surface area contributed by atoms with E-state index in [0.29, 0.717) is 29.4 Å². The Kier molecular flexibility index (Phi) is 8.31. The van der Waals surface area contributed by atoms with E-state index < -0.39 is 38.7 Å². The smallest absolute Gasteiger partial charge is 0.345 e. The van der Waals surface area contributed by atoms with E-state index in [1.165, 1.54) is 25.1 Å². The number of likely N-dealkylation sites (N-methyl/N-ethyl adjacent to an activating group) is 1. The van der Waals surface area contributed by atoms with Crippen LogP contribution in [0.5, 0.6) is 0 Å². The summed E-state index contributed by atoms with van der Waals surface area (Å²) in [5.74, 6) is -3.02. The maximum atomic E-state index is 14.9. The van der Waals surface area contributed by atoms with Crippen LogP contribution in [0.25, 0.3) is 22.4 Å². The minimum Gasteiger partial charge on any atom is -0.466 e. The number of carbonyl (C=O) groups is 1. The number of sulfonamides is 1. The van der Waals surface area contributed by atoms with Crippen molar-refractivity contribution in [3.8, 4) is 22.4 Å². The number of nitrogens with zero attached hydrogens (tertiary/aromatic N) is 5. The molecule has 210 valence electrons. The fraction of sp³-hybridized carbons (Fsp3) is 0.250. The van der Waals surface area contributed by atoms with Gasteiger partial charge >= 0.3 is 5.97 Å². The quantitative estimate of drug-likeness (QED) is 0.217. The second kappa shape index (κ2) is 11.5. The highest BCUT2D eigenvalue weighted by molar-refractivity contribution is 7.93. The number of aryl methyl sites for hydroxylation is 1. The topological polar surface area (TPSA) is 97.6 Å². The monoisotopic (exact) mass is 569 g/mol. The van der Waals surface area contributed by atoms with E-state index in [1.807, 2.05) is 25.3 Å². The van der Waals surface area contributed by atoms with Gasteiger partial charge in [-0.05, 0) is 75.5 Å². The first-order valence-corrected chi connectivity index (χ1v) is 13.8. The lowest BCUT2D eigenvalue weighted by atomic mass is 9.98. The molecule has 0 aliphatic carbocycles. The van der Waals surface area contributed by atoms with Gasteiger partial charge in [0, 0.05) is 36.3 Å². The van der Waals surface area contributed by atoms with Crippen LogP contribution in [-0.4, -0.2) is 61.4 Å². The Bertz CT molecular complexity index is 1640. The number of hydrogen-bond donors (Lipinski definition) is 0. The predicted octanol–water partition coefficient (Wildman–Crippen LogP) is 4.47. The Labute approximate surface area is 231 Å². The van der Waals surface area contributed by atoms with E-state index in [9.17, 15) is 22.0 Å². The highest BCUT2D eigenvalue weighted by atomic mass is 32.2. The maximum Gasteiger partial charge on any atom is 0.345 e. The van der Waals surface area contributed by atoms with Crippen LogP contribution in [-0.2, 0) is 26.1 Å². The molecular formula is C28H29F2N5O4S. The first-order chi connectivity index (χ1) is 19.0. The summed E-state index contributed by atoms with van der Waals surface area (Å²) in [7, 11) is -0.765. The molecule has 12 heteroatoms. The molecule has 2 aromatic heterocycles. The van der Waals surface area contributed by atoms with Crippen molar-refractivity contribution >= 4 is 21.7 Å². The molecule has 2 heterocycles. The van der Waals surface area contributed by atoms with Crippen molar-refractivity contribution in [2.24, 2.45) is 0 Å². The third kappa shape index (κ3) is 5.32. The van der Waals surface area contributed by atoms with Crippen LogP contribution < -0.4 is 4.31 Å². The number of hydrogen-bond acceptors (Lipinski definition) is 7. The molecule has 0 aliphatic rings. The van der Waals surface area contributed by atoms with E-state index in [-0.39, 0.29) is 5.69 Å². The normalized spacial score (nSPS) is 12.4. The fourth-order valence-corrected chi connectivity index (χ4v) is 6.22. The SMILES string of the molecule is CCn1cc(-c2ccncc2)c(-c2cccc(N([C@@H](C(=O)OC)N(C)C)S(=O)(=O)c3cc(F)ccc3F)c2C)n1. The van der Waals surface area contributed by atoms with Gasteiger partial charge in [-0.3, -0.25) is 14.6 Å². The molecule has 9 nitrogen and oxygen atoms in total. The molecule has 0 bridgehead atoms. The van der Waals surface area contributed by atoms with E-state index in [0.717, 1.165) is 34.7 Å². The minimum absolute atomic E-state index is 0.0667. The molecule has 0 aliphatic heterocycles. The highest BCUT2D eigenvalue weighted by Gasteiger charge is 2.41. The zero-order valence-corrected chi connectivity index (χ0v) is 23.5. The summed E-state index contributed by atoms with van der Waals surface area (Å²) in [4.78, 5) is 17.5. The molecule has 2 aromatic carbocycles. The van der Waals surface area contributed by atoms with Crippen molar-refractivity contribution in [1.82, 2.24) is 19.7 Å². The average Bonchev–Trinajstić information content (AvgIpc) is 3.37. The molecule has 0 N–H and O–H groups in total. The molecule has 0 unspecified atom stereocenters. The van der Waals surface area contributed by atoms with Gasteiger partial charge in [0.25, 0.3) is 10.0 Å². The summed E-state index contributed by atoms with van der Waals surface area (Å²) in [6, 6.07) is 10.7. The van der Waals surface area contributed by atoms with Gasteiger partial charge in [-0.1, -0.05) is 12.1 Å². The van der Waals surface area contributed by atoms with Gasteiger partial charge in [-0.15, -0.1) is 0 Å². The molecule has 0 radical (unpaired) electrons. The lowest BCUT2D eigenvalue weighted by Gasteiger charge is -2.35. The zero-order valence-electron chi connectivity index (χ0n) is 22.7. The number of pyridine rings is 1. The molecule has 0 saturated heterocycles. The van der Waals surface area contributed by atoms with Crippen LogP contribution in [0, 0.1) is 18.6 Å². The van der Waals surface area contributed by atoms with E-state index in [2.05, 4.69) is 4.98 Å². The number of anilines is 1. The van der Waals surface area contributed by atoms with Gasteiger partial charge in [0.1, 0.15) is 22.2 Å². The number of ether oxygens (including phenoxy) is 1. The van der Waals surface area contributed by atoms with Crippen LogP contribution in [0.4, 0.5) is 14.5 Å². The molecule has 4 rings (SSSR count). The number of carbonyl (C=O) groups excluding carboxylic acids is 1. The number of methoxy groups -OCH3 is 1. The number of benzene rings is 2. The van der Waals surface area contributed by atoms with Crippen molar-refractivity contribution in [1.29, 1.82) is 0 Å². The molecule has 4 aromatic rings. The lowest BCUT2D eigenvalue weighted by molar-refractivity contribution is -0.145. The van der Waals surface area contributed by atoms with Crippen LogP contribution in [0.3, 0.4) is 0 Å². The Balaban J connectivity index is 2.01. The molecule has 40 heavy (non-hydrogen) atoms. The summed E-state index contributed by atoms with van der Waals surface area (Å²) in [6.45, 7) is 4.21. The summed E-state index contributed by atoms with van der Waals surface area (Å²) in [5, 5.41) is 4.73. The summed E-state index contributed by atoms with van der Waals surface area (Å²) in [6.07, 6.45) is 3.65. The Hall–Kier alpha value is -4.16. The molecule has 0 saturated carbocycles. The van der Waals surface area contributed by atoms with Crippen molar-refractivity contribution in [3.05, 3.63) is 84.3 Å². The fourth-order valence-electron chi connectivity index (χ4n) is 4.44. The first kappa shape index (κ1) is 28.8. The number of rotatable bonds is 9. The largest absolute Gasteiger partial charge is 0.466 e. The lowest BCUT2D eigenvalue weighted by Crippen LogP contribution is -2.54. The Morgan fingerprint density at radius 1 is 1.07 bits per heavy atom. The maximum absolute atomic E-state index is 14.9. The van der Waals surface area contributed by atoms with Gasteiger partial charge in [0.2, 0.25) is 0 Å². The molecule has 1 atom stereocenters. The first-order valence-electron chi connectivity index (χ1n) is 12.3. The van der Waals surface area contributed by atoms with Crippen LogP contribution >= 0.6 is 0 Å². The third-order valence-corrected chi connectivity index (χ3v) is 8.21. The molecule has 0 fully saturated rings. The summed E-state index contributed by atoms with van der Waals surface area (Å²) in [5.41, 5.74) is 3.29. The standard InChI is InChI=1S/C28H29F2N5O4S/c1-6-34-17-22(19-12-14-31-15-13-19)26(32-34)21-8-7-9-24(18(21)2)35(27(33(3)4)28(36)39-5)40(37,38)25-16-20(29)10-11-23(25)30/h7-17,27H,6H2,1-5H3/t27-/m0/s1. The van der Waals surface area contributed by atoms with Gasteiger partial charge in [0.05, 0.1) is 12.8 Å². The molecule has 0 amide bonds. The van der Waals surface area contributed by atoms with Crippen LogP contribution in [0.15, 0.2) is 72.0 Å². The van der Waals surface area contributed by atoms with Gasteiger partial charge < -0.3 is 4.74 Å². The van der Waals surface area contributed by atoms with Crippen molar-refractivity contribution in [2.75, 3.05) is 25.5 Å². The number of esters is 1. The van der Waals surface area contributed by atoms with Crippen LogP contribution in [0.2, 0.25) is 0 Å². The predicted molar refractivity (Wildman–Crippen MR) is 147 cm³/mol. The van der Waals surface area contributed by atoms with E-state index in [4.69, 9.17) is 9.84 Å². The summed E-state index contributed by atoms with van der Waals surface area (Å²) >= 11 is 0. The minimum atomic E-state index is -4.85. The Morgan fingerprint density at radius 3 is 2.40 bits per heavy atom. The molecular weight excluding hydrogens is 540 g/mol. The van der Waals surface area contributed by atoms with Crippen molar-refractivity contribution < 1.29 is 26.7 Å². The van der Waals surface area contributed by atoms with E-state index in [1.54, 1.807) is 36.1 Å². The van der Waals surface area contributed by atoms with Crippen molar-refractivity contribution in [3.63, 3.8) is 0 Å². The third-order valence-electron chi connectivity index (χ3n) is 6.43. The number of halogens is 2. The van der Waals surface area contributed by atoms with E-state index >= 15 is 0 Å².